The zero-order valence-electron chi connectivity index (χ0n) is 17.7. The summed E-state index contributed by atoms with van der Waals surface area (Å²) in [7, 11) is 0. The highest BCUT2D eigenvalue weighted by molar-refractivity contribution is 5.89. The number of halogens is 2. The van der Waals surface area contributed by atoms with Crippen LogP contribution in [0.5, 0.6) is 0 Å². The van der Waals surface area contributed by atoms with Crippen molar-refractivity contribution in [3.05, 3.63) is 107 Å². The maximum atomic E-state index is 15.1. The van der Waals surface area contributed by atoms with Gasteiger partial charge in [0.15, 0.2) is 0 Å². The topological polar surface area (TPSA) is 49.8 Å². The molecule has 3 atom stereocenters. The zero-order chi connectivity index (χ0) is 22.7. The Labute approximate surface area is 186 Å². The molecule has 0 radical (unpaired) electrons. The summed E-state index contributed by atoms with van der Waals surface area (Å²) in [6, 6.07) is 18.8. The van der Waals surface area contributed by atoms with E-state index in [1.807, 2.05) is 6.07 Å². The molecule has 1 aliphatic rings. The number of carbonyl (C=O) groups is 1. The number of hydroxylamine groups is 2. The summed E-state index contributed by atoms with van der Waals surface area (Å²) in [5.74, 6) is -2.08. The molecule has 32 heavy (non-hydrogen) atoms. The van der Waals surface area contributed by atoms with Crippen LogP contribution in [0.1, 0.15) is 45.8 Å². The summed E-state index contributed by atoms with van der Waals surface area (Å²) in [6.45, 7) is 2.13. The predicted octanol–water partition coefficient (Wildman–Crippen LogP) is 5.00. The van der Waals surface area contributed by atoms with Gasteiger partial charge in [-0.05, 0) is 60.7 Å². The van der Waals surface area contributed by atoms with Crippen molar-refractivity contribution < 1.29 is 23.5 Å². The second-order valence-electron chi connectivity index (χ2n) is 8.09. The highest BCUT2D eigenvalue weighted by atomic mass is 19.1. The highest BCUT2D eigenvalue weighted by Crippen LogP contribution is 2.36. The second-order valence-corrected chi connectivity index (χ2v) is 8.09. The molecule has 4 nitrogen and oxygen atoms in total. The van der Waals surface area contributed by atoms with Gasteiger partial charge in [-0.25, -0.2) is 13.6 Å². The van der Waals surface area contributed by atoms with Gasteiger partial charge in [-0.1, -0.05) is 48.5 Å². The Morgan fingerprint density at radius 1 is 1.03 bits per heavy atom. The molecule has 166 valence electrons. The van der Waals surface area contributed by atoms with Crippen LogP contribution in [0.15, 0.2) is 72.8 Å². The van der Waals surface area contributed by atoms with Gasteiger partial charge < -0.3 is 9.94 Å². The van der Waals surface area contributed by atoms with E-state index in [1.54, 1.807) is 61.5 Å². The lowest BCUT2D eigenvalue weighted by molar-refractivity contribution is -0.143. The van der Waals surface area contributed by atoms with Gasteiger partial charge in [-0.15, -0.1) is 5.06 Å². The van der Waals surface area contributed by atoms with Crippen LogP contribution in [-0.2, 0) is 4.84 Å². The van der Waals surface area contributed by atoms with Crippen molar-refractivity contribution >= 4 is 5.97 Å². The maximum Gasteiger partial charge on any atom is 0.357 e. The fourth-order valence-electron chi connectivity index (χ4n) is 4.32. The van der Waals surface area contributed by atoms with E-state index in [2.05, 4.69) is 0 Å². The lowest BCUT2D eigenvalue weighted by Crippen LogP contribution is -2.43. The van der Waals surface area contributed by atoms with Gasteiger partial charge in [-0.3, -0.25) is 0 Å². The van der Waals surface area contributed by atoms with Gasteiger partial charge in [0.1, 0.15) is 11.6 Å². The van der Waals surface area contributed by atoms with Crippen LogP contribution in [-0.4, -0.2) is 34.8 Å². The molecule has 0 spiro atoms. The molecular weight excluding hydrogens is 412 g/mol. The summed E-state index contributed by atoms with van der Waals surface area (Å²) in [5, 5.41) is 13.0. The average Bonchev–Trinajstić information content (AvgIpc) is 3.26. The van der Waals surface area contributed by atoms with Gasteiger partial charge in [0.25, 0.3) is 0 Å². The smallest absolute Gasteiger partial charge is 0.357 e. The number of benzene rings is 3. The Balaban J connectivity index is 1.65. The van der Waals surface area contributed by atoms with Gasteiger partial charge in [0.2, 0.25) is 0 Å². The summed E-state index contributed by atoms with van der Waals surface area (Å²) in [6.07, 6.45) is 0.216. The molecule has 0 aliphatic carbocycles. The predicted molar refractivity (Wildman–Crippen MR) is 117 cm³/mol. The van der Waals surface area contributed by atoms with E-state index < -0.39 is 35.7 Å². The molecule has 1 saturated heterocycles. The molecule has 1 aliphatic heterocycles. The van der Waals surface area contributed by atoms with E-state index in [-0.39, 0.29) is 0 Å². The third-order valence-electron chi connectivity index (χ3n) is 5.98. The first-order chi connectivity index (χ1) is 15.5. The van der Waals surface area contributed by atoms with Crippen molar-refractivity contribution in [3.63, 3.8) is 0 Å². The lowest BCUT2D eigenvalue weighted by Gasteiger charge is -2.33. The van der Waals surface area contributed by atoms with Gasteiger partial charge in [-0.2, -0.15) is 0 Å². The van der Waals surface area contributed by atoms with Crippen LogP contribution >= 0.6 is 0 Å². The Morgan fingerprint density at radius 2 is 1.75 bits per heavy atom. The monoisotopic (exact) mass is 437 g/mol. The van der Waals surface area contributed by atoms with Crippen molar-refractivity contribution in [2.45, 2.75) is 37.8 Å². The molecule has 6 heteroatoms. The number of aryl methyl sites for hydroxylation is 1. The first kappa shape index (κ1) is 22.1. The van der Waals surface area contributed by atoms with E-state index in [0.29, 0.717) is 35.2 Å². The van der Waals surface area contributed by atoms with Gasteiger partial charge in [0.05, 0.1) is 17.7 Å². The van der Waals surface area contributed by atoms with Crippen molar-refractivity contribution in [1.29, 1.82) is 0 Å². The number of carbonyl (C=O) groups excluding carboxylic acids is 1. The Bertz CT molecular complexity index is 1070. The summed E-state index contributed by atoms with van der Waals surface area (Å²) in [4.78, 5) is 18.2. The molecule has 0 bridgehead atoms. The maximum absolute atomic E-state index is 15.1. The molecule has 1 fully saturated rings. The van der Waals surface area contributed by atoms with E-state index in [1.165, 1.54) is 17.2 Å². The Morgan fingerprint density at radius 3 is 2.47 bits per heavy atom. The zero-order valence-corrected chi connectivity index (χ0v) is 17.7. The Kier molecular flexibility index (Phi) is 6.63. The van der Waals surface area contributed by atoms with Crippen LogP contribution in [0.25, 0.3) is 0 Å². The van der Waals surface area contributed by atoms with Crippen LogP contribution < -0.4 is 0 Å². The normalized spacial score (nSPS) is 18.3. The molecule has 0 aromatic heterocycles. The molecule has 3 aromatic carbocycles. The van der Waals surface area contributed by atoms with Gasteiger partial charge >= 0.3 is 5.97 Å². The number of hydrogen-bond donors (Lipinski definition) is 1. The van der Waals surface area contributed by atoms with Crippen LogP contribution in [0.4, 0.5) is 8.78 Å². The van der Waals surface area contributed by atoms with E-state index in [9.17, 15) is 14.3 Å². The van der Waals surface area contributed by atoms with Crippen molar-refractivity contribution in [1.82, 2.24) is 5.06 Å². The van der Waals surface area contributed by atoms with E-state index in [4.69, 9.17) is 4.84 Å². The van der Waals surface area contributed by atoms with Gasteiger partial charge in [0, 0.05) is 12.5 Å². The SMILES string of the molecule is Cc1cccc([C@H](c2ccc(F)cc2)[C@H](O)[C@H]2CCCN2OC(=O)c2ccccc2)c1F. The summed E-state index contributed by atoms with van der Waals surface area (Å²) < 4.78 is 28.7. The van der Waals surface area contributed by atoms with E-state index >= 15 is 4.39 Å². The fraction of sp³-hybridized carbons (Fsp3) is 0.269. The standard InChI is InChI=1S/C26H25F2NO3/c1-17-7-5-10-21(24(17)28)23(18-12-14-20(27)15-13-18)25(30)22-11-6-16-29(22)32-26(31)19-8-3-2-4-9-19/h2-5,7-10,12-15,22-23,25,30H,6,11,16H2,1H3/t22-,23+,25-/m1/s1. The molecule has 0 saturated carbocycles. The van der Waals surface area contributed by atoms with Crippen LogP contribution in [0, 0.1) is 18.6 Å². The molecule has 4 rings (SSSR count). The molecule has 0 amide bonds. The summed E-state index contributed by atoms with van der Waals surface area (Å²) >= 11 is 0. The number of aliphatic hydroxyl groups is 1. The fourth-order valence-corrected chi connectivity index (χ4v) is 4.32. The molecule has 0 unspecified atom stereocenters. The van der Waals surface area contributed by atoms with Crippen molar-refractivity contribution in [3.8, 4) is 0 Å². The third kappa shape index (κ3) is 4.56. The quantitative estimate of drug-likeness (QED) is 0.590. The lowest BCUT2D eigenvalue weighted by atomic mass is 9.82. The molecule has 1 heterocycles. The minimum atomic E-state index is -1.08. The second kappa shape index (κ2) is 9.59. The largest absolute Gasteiger partial charge is 0.390 e. The average molecular weight is 437 g/mol. The molecule has 3 aromatic rings. The van der Waals surface area contributed by atoms with E-state index in [0.717, 1.165) is 6.42 Å². The first-order valence-electron chi connectivity index (χ1n) is 10.7. The molecule has 1 N–H and O–H groups in total. The highest BCUT2D eigenvalue weighted by Gasteiger charge is 2.40. The number of aliphatic hydroxyl groups excluding tert-OH is 1. The number of hydrogen-bond acceptors (Lipinski definition) is 4. The minimum absolute atomic E-state index is 0.324. The molecular formula is C26H25F2NO3. The number of nitrogens with zero attached hydrogens (tertiary/aromatic N) is 1. The van der Waals surface area contributed by atoms with Crippen LogP contribution in [0.3, 0.4) is 0 Å². The minimum Gasteiger partial charge on any atom is -0.390 e. The van der Waals surface area contributed by atoms with Crippen LogP contribution in [0.2, 0.25) is 0 Å². The van der Waals surface area contributed by atoms with Crippen molar-refractivity contribution in [2.24, 2.45) is 0 Å². The Hall–Kier alpha value is -3.09. The summed E-state index contributed by atoms with van der Waals surface area (Å²) in [5.41, 5.74) is 1.78. The van der Waals surface area contributed by atoms with Crippen molar-refractivity contribution in [2.75, 3.05) is 6.54 Å². The number of rotatable bonds is 6. The first-order valence-corrected chi connectivity index (χ1v) is 10.7. The third-order valence-corrected chi connectivity index (χ3v) is 5.98.